The summed E-state index contributed by atoms with van der Waals surface area (Å²) in [5, 5.41) is 3.01. The molecule has 1 unspecified atom stereocenters. The van der Waals surface area contributed by atoms with E-state index in [9.17, 15) is 13.2 Å². The smallest absolute Gasteiger partial charge is 0.222 e. The van der Waals surface area contributed by atoms with Gasteiger partial charge in [-0.1, -0.05) is 0 Å². The third kappa shape index (κ3) is 7.44. The Morgan fingerprint density at radius 3 is 2.62 bits per heavy atom. The van der Waals surface area contributed by atoms with E-state index < -0.39 is 9.84 Å². The predicted molar refractivity (Wildman–Crippen MR) is 85.7 cm³/mol. The summed E-state index contributed by atoms with van der Waals surface area (Å²) in [5.41, 5.74) is 0. The van der Waals surface area contributed by atoms with Gasteiger partial charge < -0.3 is 15.0 Å². The average Bonchev–Trinajstić information content (AvgIpc) is 2.75. The van der Waals surface area contributed by atoms with E-state index in [0.29, 0.717) is 26.0 Å². The first kappa shape index (κ1) is 20.6. The Hall–Kier alpha value is -0.370. The number of amides is 1. The van der Waals surface area contributed by atoms with E-state index >= 15 is 0 Å². The van der Waals surface area contributed by atoms with Crippen LogP contribution in [0.15, 0.2) is 0 Å². The van der Waals surface area contributed by atoms with E-state index in [2.05, 4.69) is 5.32 Å². The highest BCUT2D eigenvalue weighted by Crippen LogP contribution is 2.19. The quantitative estimate of drug-likeness (QED) is 0.616. The van der Waals surface area contributed by atoms with Crippen molar-refractivity contribution in [1.29, 1.82) is 0 Å². The first-order valence-corrected chi connectivity index (χ1v) is 8.95. The number of ether oxygens (including phenoxy) is 1. The number of halogens is 1. The maximum absolute atomic E-state index is 12.3. The lowest BCUT2D eigenvalue weighted by atomic mass is 10.1. The molecule has 126 valence electrons. The van der Waals surface area contributed by atoms with Crippen LogP contribution >= 0.6 is 12.4 Å². The van der Waals surface area contributed by atoms with E-state index in [1.165, 1.54) is 0 Å². The van der Waals surface area contributed by atoms with Crippen LogP contribution in [0.3, 0.4) is 0 Å². The second-order valence-corrected chi connectivity index (χ2v) is 7.43. The Kier molecular flexibility index (Phi) is 10.2. The maximum Gasteiger partial charge on any atom is 0.222 e. The predicted octanol–water partition coefficient (Wildman–Crippen LogP) is 0.460. The van der Waals surface area contributed by atoms with Crippen molar-refractivity contribution in [2.45, 2.75) is 31.7 Å². The van der Waals surface area contributed by atoms with Crippen LogP contribution in [0.2, 0.25) is 0 Å². The molecule has 0 radical (unpaired) electrons. The van der Waals surface area contributed by atoms with Crippen molar-refractivity contribution in [3.63, 3.8) is 0 Å². The summed E-state index contributed by atoms with van der Waals surface area (Å²) in [6.07, 6.45) is 2.54. The Labute approximate surface area is 133 Å². The van der Waals surface area contributed by atoms with E-state index in [-0.39, 0.29) is 35.9 Å². The lowest BCUT2D eigenvalue weighted by Gasteiger charge is -2.28. The highest BCUT2D eigenvalue weighted by atomic mass is 35.5. The summed E-state index contributed by atoms with van der Waals surface area (Å²) < 4.78 is 28.2. The van der Waals surface area contributed by atoms with Crippen LogP contribution in [0.25, 0.3) is 0 Å². The van der Waals surface area contributed by atoms with Gasteiger partial charge in [-0.05, 0) is 32.9 Å². The number of nitrogens with one attached hydrogen (secondary N) is 1. The third-order valence-corrected chi connectivity index (χ3v) is 5.28. The van der Waals surface area contributed by atoms with Crippen molar-refractivity contribution in [3.05, 3.63) is 0 Å². The van der Waals surface area contributed by atoms with Gasteiger partial charge in [0.25, 0.3) is 0 Å². The zero-order valence-corrected chi connectivity index (χ0v) is 14.5. The van der Waals surface area contributed by atoms with Gasteiger partial charge in [-0.25, -0.2) is 8.42 Å². The molecule has 8 heteroatoms. The normalized spacial score (nSPS) is 20.0. The molecule has 1 amide bonds. The number of carbonyl (C=O) groups excluding carboxylic acids is 1. The van der Waals surface area contributed by atoms with Crippen molar-refractivity contribution in [2.24, 2.45) is 0 Å². The topological polar surface area (TPSA) is 75.7 Å². The summed E-state index contributed by atoms with van der Waals surface area (Å²) >= 11 is 0. The van der Waals surface area contributed by atoms with E-state index in [1.54, 1.807) is 12.0 Å². The molecular weight excluding hydrogens is 316 g/mol. The molecule has 1 aliphatic rings. The second-order valence-electron chi connectivity index (χ2n) is 5.20. The highest BCUT2D eigenvalue weighted by Gasteiger charge is 2.34. The van der Waals surface area contributed by atoms with Crippen molar-refractivity contribution in [2.75, 3.05) is 45.4 Å². The van der Waals surface area contributed by atoms with Gasteiger partial charge in [-0.15, -0.1) is 12.4 Å². The molecule has 0 aromatic carbocycles. The minimum absolute atomic E-state index is 0. The molecule has 1 aliphatic heterocycles. The largest absolute Gasteiger partial charge is 0.385 e. The fourth-order valence-corrected chi connectivity index (χ4v) is 4.20. The molecule has 6 nitrogen and oxygen atoms in total. The molecular formula is C13H27ClN2O4S. The van der Waals surface area contributed by atoms with Gasteiger partial charge in [0.15, 0.2) is 9.84 Å². The molecule has 0 aromatic rings. The van der Waals surface area contributed by atoms with E-state index in [1.807, 2.05) is 7.05 Å². The summed E-state index contributed by atoms with van der Waals surface area (Å²) in [5.74, 6) is 0.360. The van der Waals surface area contributed by atoms with Crippen molar-refractivity contribution in [1.82, 2.24) is 10.2 Å². The lowest BCUT2D eigenvalue weighted by Crippen LogP contribution is -2.42. The number of carbonyl (C=O) groups is 1. The van der Waals surface area contributed by atoms with Gasteiger partial charge in [0.05, 0.1) is 11.5 Å². The first-order valence-electron chi connectivity index (χ1n) is 7.13. The summed E-state index contributed by atoms with van der Waals surface area (Å²) in [6, 6.07) is -0.154. The van der Waals surface area contributed by atoms with Crippen LogP contribution in [-0.4, -0.2) is 70.6 Å². The number of methoxy groups -OCH3 is 1. The summed E-state index contributed by atoms with van der Waals surface area (Å²) in [7, 11) is 0.508. The van der Waals surface area contributed by atoms with Crippen LogP contribution in [0.1, 0.15) is 25.7 Å². The summed E-state index contributed by atoms with van der Waals surface area (Å²) in [4.78, 5) is 14.0. The SMILES string of the molecule is CNCCCC(=O)N(CCCOC)C1CCS(=O)(=O)C1.Cl. The van der Waals surface area contributed by atoms with Crippen molar-refractivity contribution >= 4 is 28.2 Å². The standard InChI is InChI=1S/C13H26N2O4S.ClH/c1-14-7-3-5-13(16)15(8-4-9-19-2)12-6-10-20(17,18)11-12;/h12,14H,3-11H2,1-2H3;1H. The molecule has 0 aromatic heterocycles. The van der Waals surface area contributed by atoms with Gasteiger partial charge in [-0.3, -0.25) is 4.79 Å². The molecule has 1 rings (SSSR count). The van der Waals surface area contributed by atoms with Gasteiger partial charge in [-0.2, -0.15) is 0 Å². The van der Waals surface area contributed by atoms with Crippen LogP contribution in [0, 0.1) is 0 Å². The molecule has 1 fully saturated rings. The molecule has 1 heterocycles. The molecule has 0 bridgehead atoms. The number of nitrogens with zero attached hydrogens (tertiary/aromatic N) is 1. The zero-order valence-electron chi connectivity index (χ0n) is 12.8. The Balaban J connectivity index is 0.00000400. The van der Waals surface area contributed by atoms with Gasteiger partial charge in [0, 0.05) is 32.7 Å². The lowest BCUT2D eigenvalue weighted by molar-refractivity contribution is -0.133. The van der Waals surface area contributed by atoms with Gasteiger partial charge in [0.1, 0.15) is 0 Å². The van der Waals surface area contributed by atoms with Gasteiger partial charge >= 0.3 is 0 Å². The number of sulfone groups is 1. The summed E-state index contributed by atoms with van der Waals surface area (Å²) in [6.45, 7) is 1.95. The molecule has 0 saturated carbocycles. The molecule has 1 N–H and O–H groups in total. The Bertz CT molecular complexity index is 403. The van der Waals surface area contributed by atoms with E-state index in [4.69, 9.17) is 4.74 Å². The Morgan fingerprint density at radius 2 is 2.10 bits per heavy atom. The fourth-order valence-electron chi connectivity index (χ4n) is 2.47. The number of hydrogen-bond acceptors (Lipinski definition) is 5. The van der Waals surface area contributed by atoms with E-state index in [0.717, 1.165) is 19.4 Å². The minimum atomic E-state index is -2.97. The van der Waals surface area contributed by atoms with Crippen LogP contribution in [0.5, 0.6) is 0 Å². The fraction of sp³-hybridized carbons (Fsp3) is 0.923. The maximum atomic E-state index is 12.3. The van der Waals surface area contributed by atoms with Crippen LogP contribution in [0.4, 0.5) is 0 Å². The van der Waals surface area contributed by atoms with Crippen LogP contribution < -0.4 is 5.32 Å². The number of rotatable bonds is 9. The highest BCUT2D eigenvalue weighted by molar-refractivity contribution is 7.91. The van der Waals surface area contributed by atoms with Crippen molar-refractivity contribution in [3.8, 4) is 0 Å². The molecule has 0 aliphatic carbocycles. The molecule has 1 saturated heterocycles. The monoisotopic (exact) mass is 342 g/mol. The average molecular weight is 343 g/mol. The molecule has 21 heavy (non-hydrogen) atoms. The van der Waals surface area contributed by atoms with Gasteiger partial charge in [0.2, 0.25) is 5.91 Å². The second kappa shape index (κ2) is 10.4. The van der Waals surface area contributed by atoms with Crippen molar-refractivity contribution < 1.29 is 17.9 Å². The first-order chi connectivity index (χ1) is 9.50. The zero-order chi connectivity index (χ0) is 15.0. The van der Waals surface area contributed by atoms with Crippen LogP contribution in [-0.2, 0) is 19.4 Å². The molecule has 1 atom stereocenters. The third-order valence-electron chi connectivity index (χ3n) is 3.53. The number of hydrogen-bond donors (Lipinski definition) is 1. The Morgan fingerprint density at radius 1 is 1.38 bits per heavy atom. The minimum Gasteiger partial charge on any atom is -0.385 e. The molecule has 0 spiro atoms.